The predicted octanol–water partition coefficient (Wildman–Crippen LogP) is 3.52. The first kappa shape index (κ1) is 12.8. The van der Waals surface area contributed by atoms with E-state index in [-0.39, 0.29) is 0 Å². The number of anilines is 1. The zero-order valence-electron chi connectivity index (χ0n) is 10.4. The van der Waals surface area contributed by atoms with Gasteiger partial charge in [0.2, 0.25) is 0 Å². The maximum absolute atomic E-state index is 6.13. The zero-order chi connectivity index (χ0) is 12.5. The molecule has 1 heterocycles. The molecular formula is C14H18BrClN2. The number of hydrogen-bond donors (Lipinski definition) is 0. The Kier molecular flexibility index (Phi) is 3.83. The van der Waals surface area contributed by atoms with Crippen LogP contribution in [0.15, 0.2) is 18.2 Å². The summed E-state index contributed by atoms with van der Waals surface area (Å²) in [7, 11) is 0. The highest BCUT2D eigenvalue weighted by atomic mass is 79.9. The van der Waals surface area contributed by atoms with Gasteiger partial charge in [0, 0.05) is 48.3 Å². The SMILES string of the molecule is Clc1ccc(CBr)c(N2CCN(C3CC3)CC2)c1. The number of alkyl halides is 1. The summed E-state index contributed by atoms with van der Waals surface area (Å²) in [5.41, 5.74) is 2.63. The molecule has 0 spiro atoms. The smallest absolute Gasteiger partial charge is 0.0426 e. The van der Waals surface area contributed by atoms with E-state index < -0.39 is 0 Å². The minimum atomic E-state index is 0.833. The van der Waals surface area contributed by atoms with Crippen molar-refractivity contribution in [2.75, 3.05) is 31.1 Å². The van der Waals surface area contributed by atoms with E-state index in [0.717, 1.165) is 29.5 Å². The molecule has 18 heavy (non-hydrogen) atoms. The molecule has 2 nitrogen and oxygen atoms in total. The fourth-order valence-electron chi connectivity index (χ4n) is 2.71. The zero-order valence-corrected chi connectivity index (χ0v) is 12.8. The van der Waals surface area contributed by atoms with Crippen molar-refractivity contribution in [3.63, 3.8) is 0 Å². The van der Waals surface area contributed by atoms with Gasteiger partial charge in [-0.25, -0.2) is 0 Å². The van der Waals surface area contributed by atoms with Gasteiger partial charge >= 0.3 is 0 Å². The van der Waals surface area contributed by atoms with E-state index in [1.54, 1.807) is 0 Å². The molecule has 0 radical (unpaired) electrons. The van der Waals surface area contributed by atoms with Gasteiger partial charge in [0.15, 0.2) is 0 Å². The molecule has 98 valence electrons. The standard InChI is InChI=1S/C14H18BrClN2/c15-10-11-1-2-12(16)9-14(11)18-7-5-17(6-8-18)13-3-4-13/h1-2,9,13H,3-8,10H2. The molecule has 0 aromatic heterocycles. The van der Waals surface area contributed by atoms with Crippen LogP contribution < -0.4 is 4.90 Å². The fraction of sp³-hybridized carbons (Fsp3) is 0.571. The molecule has 2 aliphatic rings. The number of nitrogens with zero attached hydrogens (tertiary/aromatic N) is 2. The second-order valence-electron chi connectivity index (χ2n) is 5.16. The lowest BCUT2D eigenvalue weighted by molar-refractivity contribution is 0.248. The lowest BCUT2D eigenvalue weighted by Crippen LogP contribution is -2.47. The molecule has 1 aliphatic carbocycles. The lowest BCUT2D eigenvalue weighted by Gasteiger charge is -2.37. The van der Waals surface area contributed by atoms with Crippen molar-refractivity contribution < 1.29 is 0 Å². The van der Waals surface area contributed by atoms with Crippen LogP contribution in [-0.2, 0) is 5.33 Å². The number of halogens is 2. The van der Waals surface area contributed by atoms with Crippen LogP contribution in [0.2, 0.25) is 5.02 Å². The van der Waals surface area contributed by atoms with Crippen LogP contribution in [0.4, 0.5) is 5.69 Å². The first-order valence-electron chi connectivity index (χ1n) is 6.61. The second kappa shape index (κ2) is 5.40. The average Bonchev–Trinajstić information content (AvgIpc) is 3.23. The third-order valence-electron chi connectivity index (χ3n) is 3.91. The van der Waals surface area contributed by atoms with Crippen molar-refractivity contribution in [2.24, 2.45) is 0 Å². The Morgan fingerprint density at radius 3 is 2.50 bits per heavy atom. The van der Waals surface area contributed by atoms with Gasteiger partial charge in [0.05, 0.1) is 0 Å². The molecule has 1 aliphatic heterocycles. The Balaban J connectivity index is 1.72. The summed E-state index contributed by atoms with van der Waals surface area (Å²) in [5.74, 6) is 0. The van der Waals surface area contributed by atoms with Crippen LogP contribution in [0.25, 0.3) is 0 Å². The molecule has 0 amide bonds. The van der Waals surface area contributed by atoms with E-state index in [0.29, 0.717) is 0 Å². The summed E-state index contributed by atoms with van der Waals surface area (Å²) in [4.78, 5) is 5.11. The van der Waals surface area contributed by atoms with Crippen molar-refractivity contribution in [1.29, 1.82) is 0 Å². The van der Waals surface area contributed by atoms with Crippen molar-refractivity contribution in [3.05, 3.63) is 28.8 Å². The lowest BCUT2D eigenvalue weighted by atomic mass is 10.1. The van der Waals surface area contributed by atoms with E-state index in [1.165, 1.54) is 37.2 Å². The van der Waals surface area contributed by atoms with E-state index in [9.17, 15) is 0 Å². The fourth-order valence-corrected chi connectivity index (χ4v) is 3.35. The predicted molar refractivity (Wildman–Crippen MR) is 80.9 cm³/mol. The van der Waals surface area contributed by atoms with Crippen LogP contribution in [0.3, 0.4) is 0 Å². The summed E-state index contributed by atoms with van der Waals surface area (Å²) >= 11 is 9.69. The highest BCUT2D eigenvalue weighted by Crippen LogP contribution is 2.31. The van der Waals surface area contributed by atoms with Crippen LogP contribution in [-0.4, -0.2) is 37.1 Å². The maximum Gasteiger partial charge on any atom is 0.0426 e. The second-order valence-corrected chi connectivity index (χ2v) is 6.16. The van der Waals surface area contributed by atoms with Crippen molar-refractivity contribution in [3.8, 4) is 0 Å². The number of piperazine rings is 1. The summed E-state index contributed by atoms with van der Waals surface area (Å²) in [5, 5.41) is 1.72. The van der Waals surface area contributed by atoms with E-state index in [4.69, 9.17) is 11.6 Å². The van der Waals surface area contributed by atoms with Gasteiger partial charge in [0.25, 0.3) is 0 Å². The molecule has 4 heteroatoms. The van der Waals surface area contributed by atoms with Gasteiger partial charge in [0.1, 0.15) is 0 Å². The molecule has 0 N–H and O–H groups in total. The summed E-state index contributed by atoms with van der Waals surface area (Å²) in [6.07, 6.45) is 2.81. The number of hydrogen-bond acceptors (Lipinski definition) is 2. The Morgan fingerprint density at radius 2 is 1.89 bits per heavy atom. The maximum atomic E-state index is 6.13. The minimum Gasteiger partial charge on any atom is -0.369 e. The number of rotatable bonds is 3. The van der Waals surface area contributed by atoms with Crippen molar-refractivity contribution in [1.82, 2.24) is 4.90 Å². The normalized spacial score (nSPS) is 21.3. The Morgan fingerprint density at radius 1 is 1.17 bits per heavy atom. The first-order valence-corrected chi connectivity index (χ1v) is 8.11. The molecule has 1 aromatic carbocycles. The Hall–Kier alpha value is -0.250. The highest BCUT2D eigenvalue weighted by molar-refractivity contribution is 9.08. The quantitative estimate of drug-likeness (QED) is 0.783. The molecule has 3 rings (SSSR count). The van der Waals surface area contributed by atoms with Gasteiger partial charge < -0.3 is 4.90 Å². The van der Waals surface area contributed by atoms with Crippen molar-refractivity contribution in [2.45, 2.75) is 24.2 Å². The molecular weight excluding hydrogens is 312 g/mol. The molecule has 0 unspecified atom stereocenters. The van der Waals surface area contributed by atoms with E-state index in [2.05, 4.69) is 37.9 Å². The first-order chi connectivity index (χ1) is 8.78. The van der Waals surface area contributed by atoms with Crippen LogP contribution >= 0.6 is 27.5 Å². The molecule has 1 aromatic rings. The van der Waals surface area contributed by atoms with Gasteiger partial charge in [-0.05, 0) is 30.5 Å². The molecule has 1 saturated carbocycles. The highest BCUT2D eigenvalue weighted by Gasteiger charge is 2.31. The third-order valence-corrected chi connectivity index (χ3v) is 4.75. The Bertz CT molecular complexity index is 426. The largest absolute Gasteiger partial charge is 0.369 e. The topological polar surface area (TPSA) is 6.48 Å². The molecule has 0 bridgehead atoms. The van der Waals surface area contributed by atoms with Crippen LogP contribution in [0, 0.1) is 0 Å². The van der Waals surface area contributed by atoms with Crippen LogP contribution in [0.5, 0.6) is 0 Å². The summed E-state index contributed by atoms with van der Waals surface area (Å²) in [6.45, 7) is 4.63. The third kappa shape index (κ3) is 2.68. The van der Waals surface area contributed by atoms with Crippen molar-refractivity contribution >= 4 is 33.2 Å². The van der Waals surface area contributed by atoms with Gasteiger partial charge in [-0.2, -0.15) is 0 Å². The van der Waals surface area contributed by atoms with Crippen LogP contribution in [0.1, 0.15) is 18.4 Å². The number of benzene rings is 1. The van der Waals surface area contributed by atoms with Gasteiger partial charge in [-0.15, -0.1) is 0 Å². The summed E-state index contributed by atoms with van der Waals surface area (Å²) < 4.78 is 0. The molecule has 1 saturated heterocycles. The van der Waals surface area contributed by atoms with E-state index in [1.807, 2.05) is 6.07 Å². The average molecular weight is 330 g/mol. The molecule has 2 fully saturated rings. The Labute approximate surface area is 122 Å². The van der Waals surface area contributed by atoms with E-state index >= 15 is 0 Å². The van der Waals surface area contributed by atoms with Gasteiger partial charge in [-0.1, -0.05) is 33.6 Å². The molecule has 0 atom stereocenters. The minimum absolute atomic E-state index is 0.833. The summed E-state index contributed by atoms with van der Waals surface area (Å²) in [6, 6.07) is 7.09. The van der Waals surface area contributed by atoms with Gasteiger partial charge in [-0.3, -0.25) is 4.90 Å². The monoisotopic (exact) mass is 328 g/mol.